The lowest BCUT2D eigenvalue weighted by Gasteiger charge is -2.22. The summed E-state index contributed by atoms with van der Waals surface area (Å²) in [7, 11) is 0. The first kappa shape index (κ1) is 23.5. The second-order valence-corrected chi connectivity index (χ2v) is 8.23. The highest BCUT2D eigenvalue weighted by atomic mass is 19.4. The maximum Gasteiger partial charge on any atom is 0.433 e. The molecule has 0 atom stereocenters. The molecule has 1 aliphatic heterocycles. The molecule has 0 spiro atoms. The highest BCUT2D eigenvalue weighted by Crippen LogP contribution is 2.30. The van der Waals surface area contributed by atoms with Gasteiger partial charge in [0.05, 0.1) is 0 Å². The van der Waals surface area contributed by atoms with Crippen molar-refractivity contribution in [3.05, 3.63) is 60.0 Å². The van der Waals surface area contributed by atoms with Gasteiger partial charge >= 0.3 is 6.18 Å². The number of pyridine rings is 1. The first-order valence-electron chi connectivity index (χ1n) is 10.9. The zero-order chi connectivity index (χ0) is 24.3. The molecule has 3 heterocycles. The number of nitrogens with zero attached hydrogens (tertiary/aromatic N) is 5. The molecule has 2 aromatic heterocycles. The summed E-state index contributed by atoms with van der Waals surface area (Å²) in [4.78, 5) is 27.8. The predicted molar refractivity (Wildman–Crippen MR) is 124 cm³/mol. The third kappa shape index (κ3) is 5.62. The summed E-state index contributed by atoms with van der Waals surface area (Å²) in [5, 5.41) is 2.87. The molecule has 34 heavy (non-hydrogen) atoms. The molecular weight excluding hydrogens is 445 g/mol. The summed E-state index contributed by atoms with van der Waals surface area (Å²) in [5.41, 5.74) is 2.24. The number of hydrogen-bond acceptors (Lipinski definition) is 6. The van der Waals surface area contributed by atoms with Crippen molar-refractivity contribution in [2.75, 3.05) is 36.4 Å². The molecule has 0 bridgehead atoms. The number of amides is 1. The topological polar surface area (TPSA) is 74.2 Å². The molecule has 7 nitrogen and oxygen atoms in total. The molecule has 1 amide bonds. The van der Waals surface area contributed by atoms with E-state index in [2.05, 4.69) is 25.2 Å². The van der Waals surface area contributed by atoms with Gasteiger partial charge in [-0.3, -0.25) is 4.79 Å². The van der Waals surface area contributed by atoms with E-state index in [0.29, 0.717) is 12.2 Å². The van der Waals surface area contributed by atoms with E-state index in [1.54, 1.807) is 13.1 Å². The van der Waals surface area contributed by atoms with Crippen molar-refractivity contribution in [3.8, 4) is 11.1 Å². The summed E-state index contributed by atoms with van der Waals surface area (Å²) in [6, 6.07) is 10.4. The maximum atomic E-state index is 13.0. The molecule has 0 radical (unpaired) electrons. The normalized spacial score (nSPS) is 14.6. The fourth-order valence-corrected chi connectivity index (χ4v) is 3.93. The van der Waals surface area contributed by atoms with Crippen LogP contribution < -0.4 is 10.2 Å². The zero-order valence-electron chi connectivity index (χ0n) is 18.9. The van der Waals surface area contributed by atoms with Gasteiger partial charge in [-0.25, -0.2) is 15.0 Å². The van der Waals surface area contributed by atoms with Crippen LogP contribution >= 0.6 is 0 Å². The van der Waals surface area contributed by atoms with E-state index in [4.69, 9.17) is 0 Å². The van der Waals surface area contributed by atoms with Crippen molar-refractivity contribution in [3.63, 3.8) is 0 Å². The first-order chi connectivity index (χ1) is 16.2. The molecule has 1 saturated heterocycles. The Bertz CT molecular complexity index is 1170. The molecule has 1 fully saturated rings. The van der Waals surface area contributed by atoms with Gasteiger partial charge in [0, 0.05) is 56.7 Å². The number of nitrogens with one attached hydrogen (secondary N) is 1. The Morgan fingerprint density at radius 2 is 1.82 bits per heavy atom. The highest BCUT2D eigenvalue weighted by Gasteiger charge is 2.32. The van der Waals surface area contributed by atoms with E-state index in [1.165, 1.54) is 0 Å². The predicted octanol–water partition coefficient (Wildman–Crippen LogP) is 4.67. The molecule has 1 aromatic carbocycles. The number of alkyl halides is 3. The van der Waals surface area contributed by atoms with E-state index in [0.717, 1.165) is 60.8 Å². The number of carbonyl (C=O) groups excluding carboxylic acids is 1. The van der Waals surface area contributed by atoms with E-state index in [1.807, 2.05) is 42.2 Å². The van der Waals surface area contributed by atoms with Crippen molar-refractivity contribution in [2.45, 2.75) is 26.4 Å². The lowest BCUT2D eigenvalue weighted by Crippen LogP contribution is -2.33. The van der Waals surface area contributed by atoms with Gasteiger partial charge in [-0.15, -0.1) is 0 Å². The van der Waals surface area contributed by atoms with Crippen LogP contribution in [0.4, 0.5) is 30.6 Å². The Morgan fingerprint density at radius 3 is 2.53 bits per heavy atom. The second kappa shape index (κ2) is 9.66. The monoisotopic (exact) mass is 470 g/mol. The van der Waals surface area contributed by atoms with Gasteiger partial charge < -0.3 is 15.1 Å². The van der Waals surface area contributed by atoms with Crippen LogP contribution in [0.15, 0.2) is 48.8 Å². The van der Waals surface area contributed by atoms with E-state index in [9.17, 15) is 18.0 Å². The number of rotatable bonds is 4. The van der Waals surface area contributed by atoms with Crippen LogP contribution in [-0.2, 0) is 11.0 Å². The number of hydrogen-bond donors (Lipinski definition) is 1. The highest BCUT2D eigenvalue weighted by molar-refractivity contribution is 5.73. The van der Waals surface area contributed by atoms with E-state index in [-0.39, 0.29) is 11.9 Å². The summed E-state index contributed by atoms with van der Waals surface area (Å²) in [6.07, 6.45) is -0.798. The Labute approximate surface area is 195 Å². The quantitative estimate of drug-likeness (QED) is 0.598. The molecule has 1 N–H and O–H groups in total. The number of benzene rings is 1. The average Bonchev–Trinajstić information content (AvgIpc) is 3.05. The number of aryl methyl sites for hydroxylation is 1. The fraction of sp³-hybridized carbons (Fsp3) is 0.333. The van der Waals surface area contributed by atoms with Gasteiger partial charge in [-0.05, 0) is 54.8 Å². The van der Waals surface area contributed by atoms with E-state index < -0.39 is 11.9 Å². The van der Waals surface area contributed by atoms with E-state index >= 15 is 0 Å². The molecule has 3 aromatic rings. The second-order valence-electron chi connectivity index (χ2n) is 8.23. The average molecular weight is 470 g/mol. The van der Waals surface area contributed by atoms with Crippen LogP contribution in [0, 0.1) is 6.92 Å². The van der Waals surface area contributed by atoms with Crippen molar-refractivity contribution >= 4 is 23.4 Å². The lowest BCUT2D eigenvalue weighted by molar-refractivity contribution is -0.141. The fourth-order valence-electron chi connectivity index (χ4n) is 3.93. The third-order valence-corrected chi connectivity index (χ3v) is 5.63. The summed E-state index contributed by atoms with van der Waals surface area (Å²) in [6.45, 7) is 6.46. The molecule has 0 saturated carbocycles. The largest absolute Gasteiger partial charge is 0.433 e. The summed E-state index contributed by atoms with van der Waals surface area (Å²) in [5.74, 6) is 0.808. The van der Waals surface area contributed by atoms with Crippen LogP contribution in [-0.4, -0.2) is 51.9 Å². The number of anilines is 3. The Morgan fingerprint density at radius 1 is 1.00 bits per heavy atom. The summed E-state index contributed by atoms with van der Waals surface area (Å²) < 4.78 is 38.9. The molecular formula is C24H25F3N6O. The minimum atomic E-state index is -4.54. The smallest absolute Gasteiger partial charge is 0.355 e. The SMILES string of the molecule is CC(=O)N1CCCN(c2ccc(-c3cc(C)cc(Nc4nccc(C(F)(F)F)n4)c3)cn2)CC1. The maximum absolute atomic E-state index is 13.0. The van der Waals surface area contributed by atoms with Crippen molar-refractivity contribution < 1.29 is 18.0 Å². The van der Waals surface area contributed by atoms with Gasteiger partial charge in [-0.2, -0.15) is 13.2 Å². The number of aromatic nitrogens is 3. The number of halogens is 3. The minimum absolute atomic E-state index is 0.0875. The van der Waals surface area contributed by atoms with Crippen LogP contribution in [0.25, 0.3) is 11.1 Å². The Hall–Kier alpha value is -3.69. The minimum Gasteiger partial charge on any atom is -0.355 e. The third-order valence-electron chi connectivity index (χ3n) is 5.63. The molecule has 4 rings (SSSR count). The van der Waals surface area contributed by atoms with Crippen molar-refractivity contribution in [1.82, 2.24) is 19.9 Å². The Balaban J connectivity index is 1.51. The van der Waals surface area contributed by atoms with Gasteiger partial charge in [-0.1, -0.05) is 6.07 Å². The lowest BCUT2D eigenvalue weighted by atomic mass is 10.0. The van der Waals surface area contributed by atoms with Gasteiger partial charge in [0.25, 0.3) is 0 Å². The van der Waals surface area contributed by atoms with Crippen LogP contribution in [0.1, 0.15) is 24.6 Å². The van der Waals surface area contributed by atoms with Gasteiger partial charge in [0.15, 0.2) is 0 Å². The van der Waals surface area contributed by atoms with Crippen molar-refractivity contribution in [2.24, 2.45) is 0 Å². The van der Waals surface area contributed by atoms with Crippen LogP contribution in [0.5, 0.6) is 0 Å². The molecule has 10 heteroatoms. The molecule has 0 aliphatic carbocycles. The molecule has 1 aliphatic rings. The zero-order valence-corrected chi connectivity index (χ0v) is 18.9. The van der Waals surface area contributed by atoms with Gasteiger partial charge in [0.1, 0.15) is 11.5 Å². The Kier molecular flexibility index (Phi) is 6.67. The van der Waals surface area contributed by atoms with Crippen LogP contribution in [0.2, 0.25) is 0 Å². The molecule has 0 unspecified atom stereocenters. The molecule has 178 valence electrons. The van der Waals surface area contributed by atoms with Crippen molar-refractivity contribution in [1.29, 1.82) is 0 Å². The van der Waals surface area contributed by atoms with Crippen LogP contribution in [0.3, 0.4) is 0 Å². The number of carbonyl (C=O) groups is 1. The first-order valence-corrected chi connectivity index (χ1v) is 10.9. The summed E-state index contributed by atoms with van der Waals surface area (Å²) >= 11 is 0. The standard InChI is InChI=1S/C24H25F3N6O/c1-16-12-19(14-20(13-16)30-23-28-7-6-21(31-23)24(25,26)27)18-4-5-22(29-15-18)33-9-3-8-32(10-11-33)17(2)34/h4-7,12-15H,3,8-11H2,1-2H3,(H,28,30,31). The van der Waals surface area contributed by atoms with Gasteiger partial charge in [0.2, 0.25) is 11.9 Å².